The van der Waals surface area contributed by atoms with Crippen LogP contribution in [-0.4, -0.2) is 55.4 Å². The number of hydrogen-bond donors (Lipinski definition) is 2. The van der Waals surface area contributed by atoms with E-state index >= 15 is 0 Å². The maximum Gasteiger partial charge on any atom is 0.126 e. The summed E-state index contributed by atoms with van der Waals surface area (Å²) in [4.78, 5) is 2.45. The second kappa shape index (κ2) is 7.48. The first kappa shape index (κ1) is 18.4. The Morgan fingerprint density at radius 3 is 2.80 bits per heavy atom. The van der Waals surface area contributed by atoms with Crippen LogP contribution >= 0.6 is 0 Å². The molecule has 1 aliphatic carbocycles. The Morgan fingerprint density at radius 2 is 2.12 bits per heavy atom. The highest BCUT2D eigenvalue weighted by Gasteiger charge is 2.57. The lowest BCUT2D eigenvalue weighted by Crippen LogP contribution is -2.64. The third kappa shape index (κ3) is 3.62. The zero-order valence-corrected chi connectivity index (χ0v) is 15.9. The number of benzene rings is 1. The van der Waals surface area contributed by atoms with Crippen LogP contribution in [0.15, 0.2) is 30.3 Å². The molecule has 1 saturated carbocycles. The summed E-state index contributed by atoms with van der Waals surface area (Å²) in [6.07, 6.45) is 5.95. The minimum Gasteiger partial charge on any atom is -0.496 e. The van der Waals surface area contributed by atoms with Crippen LogP contribution in [0.5, 0.6) is 5.75 Å². The molecule has 1 heterocycles. The van der Waals surface area contributed by atoms with Gasteiger partial charge in [-0.05, 0) is 31.9 Å². The van der Waals surface area contributed by atoms with Crippen LogP contribution in [0.25, 0.3) is 6.08 Å². The first-order chi connectivity index (χ1) is 12.0. The van der Waals surface area contributed by atoms with Gasteiger partial charge in [0, 0.05) is 36.2 Å². The van der Waals surface area contributed by atoms with Crippen molar-refractivity contribution >= 4 is 6.08 Å². The number of aliphatic hydroxyl groups excluding tert-OH is 1. The van der Waals surface area contributed by atoms with E-state index in [1.165, 1.54) is 0 Å². The quantitative estimate of drug-likeness (QED) is 0.833. The van der Waals surface area contributed by atoms with Gasteiger partial charge in [-0.3, -0.25) is 0 Å². The molecule has 0 bridgehead atoms. The number of rotatable bonds is 6. The molecule has 0 radical (unpaired) electrons. The van der Waals surface area contributed by atoms with Gasteiger partial charge in [0.25, 0.3) is 0 Å². The van der Waals surface area contributed by atoms with Crippen molar-refractivity contribution < 1.29 is 9.84 Å². The summed E-state index contributed by atoms with van der Waals surface area (Å²) in [5.74, 6) is 1.52. The average Bonchev–Trinajstić information content (AvgIpc) is 2.88. The normalized spacial score (nSPS) is 32.6. The number of ether oxygens (including phenoxy) is 1. The smallest absolute Gasteiger partial charge is 0.126 e. The molecular formula is C21H32N2O2. The highest BCUT2D eigenvalue weighted by molar-refractivity contribution is 5.57. The van der Waals surface area contributed by atoms with Crippen molar-refractivity contribution in [2.75, 3.05) is 27.2 Å². The van der Waals surface area contributed by atoms with E-state index < -0.39 is 0 Å². The van der Waals surface area contributed by atoms with Crippen molar-refractivity contribution in [3.8, 4) is 5.75 Å². The van der Waals surface area contributed by atoms with Crippen molar-refractivity contribution in [3.63, 3.8) is 0 Å². The highest BCUT2D eigenvalue weighted by Crippen LogP contribution is 2.52. The number of likely N-dealkylation sites (tertiary alicyclic amines) is 1. The van der Waals surface area contributed by atoms with Crippen LogP contribution in [0, 0.1) is 11.3 Å². The molecule has 4 atom stereocenters. The molecule has 138 valence electrons. The molecule has 25 heavy (non-hydrogen) atoms. The summed E-state index contributed by atoms with van der Waals surface area (Å²) >= 11 is 0. The van der Waals surface area contributed by atoms with E-state index in [1.54, 1.807) is 7.11 Å². The summed E-state index contributed by atoms with van der Waals surface area (Å²) in [6.45, 7) is 6.47. The van der Waals surface area contributed by atoms with Crippen molar-refractivity contribution in [1.82, 2.24) is 10.2 Å². The van der Waals surface area contributed by atoms with Crippen LogP contribution in [-0.2, 0) is 0 Å². The molecule has 2 fully saturated rings. The lowest BCUT2D eigenvalue weighted by Gasteiger charge is -2.57. The van der Waals surface area contributed by atoms with E-state index in [9.17, 15) is 5.11 Å². The Bertz CT molecular complexity index is 611. The van der Waals surface area contributed by atoms with Gasteiger partial charge in [0.2, 0.25) is 0 Å². The third-order valence-corrected chi connectivity index (χ3v) is 5.94. The fourth-order valence-corrected chi connectivity index (χ4v) is 5.26. The molecule has 1 aliphatic heterocycles. The Labute approximate surface area is 151 Å². The average molecular weight is 344 g/mol. The predicted octanol–water partition coefficient (Wildman–Crippen LogP) is 2.78. The first-order valence-corrected chi connectivity index (χ1v) is 9.38. The van der Waals surface area contributed by atoms with Crippen LogP contribution in [0.4, 0.5) is 0 Å². The predicted molar refractivity (Wildman–Crippen MR) is 103 cm³/mol. The molecule has 1 saturated heterocycles. The van der Waals surface area contributed by atoms with Crippen LogP contribution in [0.1, 0.15) is 32.3 Å². The Hall–Kier alpha value is -1.36. The molecule has 1 spiro atoms. The van der Waals surface area contributed by atoms with E-state index in [1.807, 2.05) is 24.3 Å². The van der Waals surface area contributed by atoms with Gasteiger partial charge in [-0.1, -0.05) is 44.2 Å². The summed E-state index contributed by atoms with van der Waals surface area (Å²) < 4.78 is 5.37. The maximum atomic E-state index is 10.5. The highest BCUT2D eigenvalue weighted by atomic mass is 16.5. The van der Waals surface area contributed by atoms with Crippen molar-refractivity contribution in [3.05, 3.63) is 35.9 Å². The monoisotopic (exact) mass is 344 g/mol. The van der Waals surface area contributed by atoms with Gasteiger partial charge in [0.1, 0.15) is 5.75 Å². The molecule has 1 aromatic carbocycles. The zero-order chi connectivity index (χ0) is 18.0. The van der Waals surface area contributed by atoms with E-state index in [-0.39, 0.29) is 12.1 Å². The standard InChI is InChI=1S/C21H32N2O2/c1-15(2)20-21(14-23(20)3)12-17(18(24)13-21)22-11-7-9-16-8-5-6-10-19(16)25-4/h5-10,15,17-18,20,22,24H,11-14H2,1-4H3/b9-7+/t17-,18-,20?,21?/m1/s1. The lowest BCUT2D eigenvalue weighted by atomic mass is 9.66. The molecule has 4 nitrogen and oxygen atoms in total. The van der Waals surface area contributed by atoms with Gasteiger partial charge >= 0.3 is 0 Å². The molecule has 1 aromatic rings. The maximum absolute atomic E-state index is 10.5. The van der Waals surface area contributed by atoms with Crippen LogP contribution < -0.4 is 10.1 Å². The van der Waals surface area contributed by atoms with Crippen LogP contribution in [0.3, 0.4) is 0 Å². The number of aliphatic hydroxyl groups is 1. The minimum absolute atomic E-state index is 0.192. The van der Waals surface area contributed by atoms with E-state index in [2.05, 4.69) is 43.3 Å². The lowest BCUT2D eigenvalue weighted by molar-refractivity contribution is -0.0828. The van der Waals surface area contributed by atoms with Gasteiger partial charge in [-0.2, -0.15) is 0 Å². The molecule has 0 amide bonds. The Kier molecular flexibility index (Phi) is 5.52. The second-order valence-corrected chi connectivity index (χ2v) is 8.10. The zero-order valence-electron chi connectivity index (χ0n) is 15.9. The van der Waals surface area contributed by atoms with Gasteiger partial charge in [0.15, 0.2) is 0 Å². The van der Waals surface area contributed by atoms with Crippen molar-refractivity contribution in [2.45, 2.75) is 44.9 Å². The van der Waals surface area contributed by atoms with Gasteiger partial charge in [-0.15, -0.1) is 0 Å². The number of methoxy groups -OCH3 is 1. The third-order valence-electron chi connectivity index (χ3n) is 5.94. The summed E-state index contributed by atoms with van der Waals surface area (Å²) in [7, 11) is 3.90. The van der Waals surface area contributed by atoms with E-state index in [0.29, 0.717) is 17.4 Å². The van der Waals surface area contributed by atoms with Gasteiger partial charge in [0.05, 0.1) is 13.2 Å². The van der Waals surface area contributed by atoms with Crippen LogP contribution in [0.2, 0.25) is 0 Å². The molecule has 3 rings (SSSR count). The summed E-state index contributed by atoms with van der Waals surface area (Å²) in [6, 6.07) is 8.79. The summed E-state index contributed by atoms with van der Waals surface area (Å²) in [5.41, 5.74) is 1.38. The molecule has 0 aromatic heterocycles. The number of nitrogens with one attached hydrogen (secondary N) is 1. The fraction of sp³-hybridized carbons (Fsp3) is 0.619. The Balaban J connectivity index is 1.55. The largest absolute Gasteiger partial charge is 0.496 e. The SMILES string of the molecule is COc1ccccc1/C=C/CN[C@@H]1CC2(C[C@H]1O)CN(C)C2C(C)C. The molecular weight excluding hydrogens is 312 g/mol. The minimum atomic E-state index is -0.241. The molecule has 2 N–H and O–H groups in total. The Morgan fingerprint density at radius 1 is 1.36 bits per heavy atom. The first-order valence-electron chi connectivity index (χ1n) is 9.38. The fourth-order valence-electron chi connectivity index (χ4n) is 5.26. The van der Waals surface area contributed by atoms with Gasteiger partial charge in [-0.25, -0.2) is 0 Å². The van der Waals surface area contributed by atoms with Crippen molar-refractivity contribution in [1.29, 1.82) is 0 Å². The van der Waals surface area contributed by atoms with Crippen molar-refractivity contribution in [2.24, 2.45) is 11.3 Å². The van der Waals surface area contributed by atoms with Gasteiger partial charge < -0.3 is 20.1 Å². The molecule has 2 aliphatic rings. The number of nitrogens with zero attached hydrogens (tertiary/aromatic N) is 1. The number of hydrogen-bond acceptors (Lipinski definition) is 4. The summed E-state index contributed by atoms with van der Waals surface area (Å²) in [5, 5.41) is 14.1. The molecule has 2 unspecified atom stereocenters. The second-order valence-electron chi connectivity index (χ2n) is 8.10. The number of para-hydroxylation sites is 1. The van der Waals surface area contributed by atoms with E-state index in [4.69, 9.17) is 4.74 Å². The topological polar surface area (TPSA) is 44.7 Å². The molecule has 4 heteroatoms. The van der Waals surface area contributed by atoms with E-state index in [0.717, 1.165) is 37.2 Å².